The van der Waals surface area contributed by atoms with Gasteiger partial charge in [0.25, 0.3) is 0 Å². The van der Waals surface area contributed by atoms with Gasteiger partial charge in [0, 0.05) is 5.46 Å². The third kappa shape index (κ3) is 2.74. The number of alkyl halides is 3. The second kappa shape index (κ2) is 4.61. The van der Waals surface area contributed by atoms with Crippen LogP contribution >= 0.6 is 0 Å². The molecule has 0 saturated carbocycles. The molecule has 0 unspecified atom stereocenters. The molecule has 1 aliphatic rings. The average Bonchev–Trinajstić information content (AvgIpc) is 2.50. The number of nitrogen functional groups attached to an aromatic ring is 1. The van der Waals surface area contributed by atoms with Gasteiger partial charge in [-0.15, -0.1) is 0 Å². The zero-order valence-electron chi connectivity index (χ0n) is 12.1. The summed E-state index contributed by atoms with van der Waals surface area (Å²) >= 11 is 0. The van der Waals surface area contributed by atoms with E-state index in [4.69, 9.17) is 15.0 Å². The van der Waals surface area contributed by atoms with E-state index in [1.54, 1.807) is 27.7 Å². The lowest BCUT2D eigenvalue weighted by Crippen LogP contribution is -2.41. The van der Waals surface area contributed by atoms with Crippen molar-refractivity contribution in [1.82, 2.24) is 0 Å². The van der Waals surface area contributed by atoms with Gasteiger partial charge in [-0.05, 0) is 39.8 Å². The van der Waals surface area contributed by atoms with Crippen LogP contribution in [0, 0.1) is 5.82 Å². The summed E-state index contributed by atoms with van der Waals surface area (Å²) in [6, 6.07) is 1.13. The maximum absolute atomic E-state index is 13.7. The van der Waals surface area contributed by atoms with Crippen molar-refractivity contribution in [3.8, 4) is 0 Å². The van der Waals surface area contributed by atoms with Gasteiger partial charge in [-0.2, -0.15) is 13.2 Å². The van der Waals surface area contributed by atoms with Crippen LogP contribution in [-0.4, -0.2) is 18.3 Å². The number of halogens is 4. The Morgan fingerprint density at radius 1 is 1.05 bits per heavy atom. The molecule has 116 valence electrons. The molecule has 21 heavy (non-hydrogen) atoms. The van der Waals surface area contributed by atoms with Crippen molar-refractivity contribution in [2.24, 2.45) is 0 Å². The van der Waals surface area contributed by atoms with Crippen molar-refractivity contribution in [1.29, 1.82) is 0 Å². The Balaban J connectivity index is 2.48. The molecule has 0 aromatic heterocycles. The first kappa shape index (κ1) is 16.1. The van der Waals surface area contributed by atoms with Gasteiger partial charge in [0.2, 0.25) is 0 Å². The Morgan fingerprint density at radius 3 is 1.95 bits per heavy atom. The van der Waals surface area contributed by atoms with E-state index in [0.29, 0.717) is 6.07 Å². The summed E-state index contributed by atoms with van der Waals surface area (Å²) in [5.74, 6) is -1.14. The molecule has 1 fully saturated rings. The van der Waals surface area contributed by atoms with E-state index in [-0.39, 0.29) is 5.46 Å². The molecule has 0 atom stereocenters. The van der Waals surface area contributed by atoms with Crippen LogP contribution in [0.5, 0.6) is 0 Å². The van der Waals surface area contributed by atoms with Crippen LogP contribution in [0.1, 0.15) is 33.3 Å². The summed E-state index contributed by atoms with van der Waals surface area (Å²) < 4.78 is 63.3. The molecule has 1 aliphatic heterocycles. The first-order valence-electron chi connectivity index (χ1n) is 6.37. The van der Waals surface area contributed by atoms with Crippen LogP contribution in [0.15, 0.2) is 12.1 Å². The predicted octanol–water partition coefficient (Wildman–Crippen LogP) is 2.73. The van der Waals surface area contributed by atoms with Gasteiger partial charge >= 0.3 is 13.3 Å². The lowest BCUT2D eigenvalue weighted by molar-refractivity contribution is -0.137. The lowest BCUT2D eigenvalue weighted by atomic mass is 9.77. The number of hydrogen-bond donors (Lipinski definition) is 1. The van der Waals surface area contributed by atoms with Crippen molar-refractivity contribution in [3.63, 3.8) is 0 Å². The zero-order chi connectivity index (χ0) is 16.2. The molecule has 0 radical (unpaired) electrons. The average molecular weight is 305 g/mol. The van der Waals surface area contributed by atoms with Crippen molar-refractivity contribution >= 4 is 18.3 Å². The highest BCUT2D eigenvalue weighted by molar-refractivity contribution is 6.63. The van der Waals surface area contributed by atoms with E-state index in [9.17, 15) is 17.6 Å². The fourth-order valence-corrected chi connectivity index (χ4v) is 1.97. The van der Waals surface area contributed by atoms with Crippen LogP contribution in [0.4, 0.5) is 23.2 Å². The van der Waals surface area contributed by atoms with E-state index in [0.717, 1.165) is 6.07 Å². The molecule has 0 bridgehead atoms. The molecule has 1 aromatic carbocycles. The van der Waals surface area contributed by atoms with E-state index in [1.165, 1.54) is 0 Å². The van der Waals surface area contributed by atoms with Gasteiger partial charge < -0.3 is 15.0 Å². The molecule has 0 spiro atoms. The summed E-state index contributed by atoms with van der Waals surface area (Å²) in [4.78, 5) is 0. The van der Waals surface area contributed by atoms with Gasteiger partial charge in [-0.3, -0.25) is 0 Å². The molecule has 3 nitrogen and oxygen atoms in total. The van der Waals surface area contributed by atoms with E-state index >= 15 is 0 Å². The van der Waals surface area contributed by atoms with Gasteiger partial charge in [0.1, 0.15) is 5.82 Å². The molecule has 0 amide bonds. The highest BCUT2D eigenvalue weighted by Gasteiger charge is 2.52. The van der Waals surface area contributed by atoms with Crippen molar-refractivity contribution in [2.75, 3.05) is 5.73 Å². The van der Waals surface area contributed by atoms with Crippen molar-refractivity contribution in [3.05, 3.63) is 23.5 Å². The number of anilines is 1. The maximum Gasteiger partial charge on any atom is 0.497 e. The number of hydrogen-bond acceptors (Lipinski definition) is 3. The van der Waals surface area contributed by atoms with Gasteiger partial charge in [0.05, 0.1) is 22.5 Å². The third-order valence-electron chi connectivity index (χ3n) is 4.00. The highest BCUT2D eigenvalue weighted by atomic mass is 19.4. The summed E-state index contributed by atoms with van der Waals surface area (Å²) in [6.07, 6.45) is -4.67. The predicted molar refractivity (Wildman–Crippen MR) is 71.5 cm³/mol. The standard InChI is InChI=1S/C13H16BF4NO2/c1-11(2)12(3,4)21-14(20-11)8-5-7(13(16,17)18)6-9(15)10(8)19/h5-6H,19H2,1-4H3. The van der Waals surface area contributed by atoms with Crippen LogP contribution in [0.2, 0.25) is 0 Å². The first-order chi connectivity index (χ1) is 9.35. The Kier molecular flexibility index (Phi) is 3.53. The quantitative estimate of drug-likeness (QED) is 0.493. The van der Waals surface area contributed by atoms with Crippen LogP contribution in [0.25, 0.3) is 0 Å². The number of nitrogens with two attached hydrogens (primary N) is 1. The fourth-order valence-electron chi connectivity index (χ4n) is 1.97. The second-order valence-corrected chi connectivity index (χ2v) is 6.05. The Bertz CT molecular complexity index is 556. The van der Waals surface area contributed by atoms with E-state index in [1.807, 2.05) is 0 Å². The van der Waals surface area contributed by atoms with Crippen LogP contribution in [-0.2, 0) is 15.5 Å². The Hall–Kier alpha value is -1.28. The minimum atomic E-state index is -4.67. The number of rotatable bonds is 1. The maximum atomic E-state index is 13.7. The largest absolute Gasteiger partial charge is 0.497 e. The molecule has 1 heterocycles. The number of benzene rings is 1. The smallest absolute Gasteiger partial charge is 0.399 e. The monoisotopic (exact) mass is 305 g/mol. The van der Waals surface area contributed by atoms with Gasteiger partial charge in [0.15, 0.2) is 0 Å². The molecular weight excluding hydrogens is 289 g/mol. The lowest BCUT2D eigenvalue weighted by Gasteiger charge is -2.32. The molecule has 2 N–H and O–H groups in total. The van der Waals surface area contributed by atoms with Crippen molar-refractivity contribution < 1.29 is 26.9 Å². The molecule has 2 rings (SSSR count). The van der Waals surface area contributed by atoms with Gasteiger partial charge in [-0.1, -0.05) is 0 Å². The molecule has 1 saturated heterocycles. The van der Waals surface area contributed by atoms with Crippen LogP contribution in [0.3, 0.4) is 0 Å². The zero-order valence-corrected chi connectivity index (χ0v) is 12.1. The summed E-state index contributed by atoms with van der Waals surface area (Å²) in [5.41, 5.74) is 2.36. The van der Waals surface area contributed by atoms with E-state index < -0.39 is 41.6 Å². The summed E-state index contributed by atoms with van der Waals surface area (Å²) in [6.45, 7) is 6.97. The second-order valence-electron chi connectivity index (χ2n) is 6.05. The molecule has 8 heteroatoms. The SMILES string of the molecule is CC1(C)OB(c2cc(C(F)(F)F)cc(F)c2N)OC1(C)C. The Morgan fingerprint density at radius 2 is 1.52 bits per heavy atom. The fraction of sp³-hybridized carbons (Fsp3) is 0.538. The third-order valence-corrected chi connectivity index (χ3v) is 4.00. The minimum Gasteiger partial charge on any atom is -0.399 e. The molecule has 1 aromatic rings. The van der Waals surface area contributed by atoms with E-state index in [2.05, 4.69) is 0 Å². The van der Waals surface area contributed by atoms with Crippen LogP contribution < -0.4 is 11.2 Å². The first-order valence-corrected chi connectivity index (χ1v) is 6.37. The van der Waals surface area contributed by atoms with Crippen molar-refractivity contribution in [2.45, 2.75) is 45.1 Å². The normalized spacial score (nSPS) is 20.9. The summed E-state index contributed by atoms with van der Waals surface area (Å²) in [7, 11) is -1.15. The topological polar surface area (TPSA) is 44.5 Å². The summed E-state index contributed by atoms with van der Waals surface area (Å²) in [5, 5.41) is 0. The minimum absolute atomic E-state index is 0.152. The van der Waals surface area contributed by atoms with Gasteiger partial charge in [-0.25, -0.2) is 4.39 Å². The highest BCUT2D eigenvalue weighted by Crippen LogP contribution is 2.38. The molecular formula is C13H16BF4NO2. The Labute approximate surface area is 120 Å². The molecule has 0 aliphatic carbocycles.